The number of H-pyrrole nitrogens is 1. The van der Waals surface area contributed by atoms with Crippen LogP contribution in [0.1, 0.15) is 5.56 Å². The first-order chi connectivity index (χ1) is 10.6. The number of halogens is 1. The van der Waals surface area contributed by atoms with Crippen molar-refractivity contribution in [1.82, 2.24) is 15.5 Å². The van der Waals surface area contributed by atoms with Gasteiger partial charge in [-0.3, -0.25) is 14.7 Å². The van der Waals surface area contributed by atoms with Gasteiger partial charge in [-0.15, -0.1) is 0 Å². The van der Waals surface area contributed by atoms with E-state index in [0.29, 0.717) is 22.9 Å². The van der Waals surface area contributed by atoms with Gasteiger partial charge in [0, 0.05) is 17.6 Å². The van der Waals surface area contributed by atoms with Crippen LogP contribution in [0.15, 0.2) is 30.6 Å². The molecule has 1 aliphatic heterocycles. The Balaban J connectivity index is 1.50. The van der Waals surface area contributed by atoms with Gasteiger partial charge in [-0.1, -0.05) is 11.6 Å². The second-order valence-electron chi connectivity index (χ2n) is 4.82. The average molecular weight is 321 g/mol. The number of carbonyl (C=O) groups is 2. The minimum Gasteiger partial charge on any atom is -0.480 e. The van der Waals surface area contributed by atoms with Crippen LogP contribution in [0.5, 0.6) is 5.75 Å². The maximum absolute atomic E-state index is 12.0. The summed E-state index contributed by atoms with van der Waals surface area (Å²) in [5.74, 6) is -0.0321. The molecule has 0 bridgehead atoms. The first kappa shape index (κ1) is 14.4. The van der Waals surface area contributed by atoms with Crippen LogP contribution in [0.3, 0.4) is 0 Å². The van der Waals surface area contributed by atoms with E-state index in [1.807, 2.05) is 0 Å². The molecule has 0 aliphatic carbocycles. The van der Waals surface area contributed by atoms with Crippen LogP contribution in [0.25, 0.3) is 0 Å². The summed E-state index contributed by atoms with van der Waals surface area (Å²) in [4.78, 5) is 23.7. The molecule has 22 heavy (non-hydrogen) atoms. The van der Waals surface area contributed by atoms with Gasteiger partial charge in [0.25, 0.3) is 5.91 Å². The summed E-state index contributed by atoms with van der Waals surface area (Å²) < 4.78 is 5.54. The molecule has 0 saturated carbocycles. The van der Waals surface area contributed by atoms with Crippen LogP contribution >= 0.6 is 11.6 Å². The average Bonchev–Trinajstić information content (AvgIpc) is 3.13. The molecule has 0 spiro atoms. The number of nitrogens with zero attached hydrogens (tertiary/aromatic N) is 1. The van der Waals surface area contributed by atoms with Gasteiger partial charge >= 0.3 is 0 Å². The highest BCUT2D eigenvalue weighted by Crippen LogP contribution is 2.31. The van der Waals surface area contributed by atoms with Crippen molar-refractivity contribution in [3.63, 3.8) is 0 Å². The van der Waals surface area contributed by atoms with Crippen LogP contribution in [-0.2, 0) is 16.0 Å². The second-order valence-corrected chi connectivity index (χ2v) is 5.25. The predicted octanol–water partition coefficient (Wildman–Crippen LogP) is 1.12. The van der Waals surface area contributed by atoms with Crippen LogP contribution in [-0.4, -0.2) is 34.7 Å². The fraction of sp³-hybridized carbons (Fsp3) is 0.214. The maximum Gasteiger partial charge on any atom is 0.261 e. The Morgan fingerprint density at radius 3 is 3.09 bits per heavy atom. The highest BCUT2D eigenvalue weighted by atomic mass is 35.5. The Morgan fingerprint density at radius 2 is 2.32 bits per heavy atom. The second kappa shape index (κ2) is 6.07. The molecule has 0 fully saturated rings. The summed E-state index contributed by atoms with van der Waals surface area (Å²) in [6.45, 7) is -0.138. The molecule has 3 N–H and O–H groups in total. The molecule has 3 rings (SSSR count). The Bertz CT molecular complexity index is 702. The Kier molecular flexibility index (Phi) is 3.97. The number of nitrogens with one attached hydrogen (secondary N) is 3. The van der Waals surface area contributed by atoms with E-state index in [-0.39, 0.29) is 18.4 Å². The molecule has 114 valence electrons. The number of hydrogen-bond donors (Lipinski definition) is 3. The number of fused-ring (bicyclic) bond motifs is 1. The fourth-order valence-corrected chi connectivity index (χ4v) is 2.36. The van der Waals surface area contributed by atoms with Gasteiger partial charge in [0.05, 0.1) is 18.4 Å². The van der Waals surface area contributed by atoms with E-state index in [0.717, 1.165) is 5.56 Å². The van der Waals surface area contributed by atoms with Crippen molar-refractivity contribution >= 4 is 29.1 Å². The number of amides is 2. The van der Waals surface area contributed by atoms with Crippen molar-refractivity contribution in [2.24, 2.45) is 0 Å². The number of anilines is 1. The number of aromatic amines is 1. The minimum absolute atomic E-state index is 0.138. The molecule has 1 atom stereocenters. The van der Waals surface area contributed by atoms with Crippen LogP contribution in [0.2, 0.25) is 5.02 Å². The van der Waals surface area contributed by atoms with Crippen molar-refractivity contribution in [2.75, 3.05) is 11.9 Å². The molecule has 2 aromatic rings. The van der Waals surface area contributed by atoms with Crippen molar-refractivity contribution < 1.29 is 14.3 Å². The normalized spacial score (nSPS) is 15.8. The lowest BCUT2D eigenvalue weighted by Crippen LogP contribution is -2.41. The molecule has 0 saturated heterocycles. The van der Waals surface area contributed by atoms with Crippen LogP contribution in [0.4, 0.5) is 5.69 Å². The monoisotopic (exact) mass is 320 g/mol. The first-order valence-corrected chi connectivity index (χ1v) is 7.01. The van der Waals surface area contributed by atoms with Crippen LogP contribution < -0.4 is 15.4 Å². The smallest absolute Gasteiger partial charge is 0.261 e. The Hall–Kier alpha value is -2.54. The van der Waals surface area contributed by atoms with Gasteiger partial charge < -0.3 is 15.4 Å². The van der Waals surface area contributed by atoms with Crippen molar-refractivity contribution in [3.8, 4) is 5.75 Å². The number of rotatable bonds is 4. The molecule has 1 aromatic carbocycles. The molecule has 7 nitrogen and oxygen atoms in total. The third-order valence-corrected chi connectivity index (χ3v) is 3.43. The third-order valence-electron chi connectivity index (χ3n) is 3.19. The summed E-state index contributed by atoms with van der Waals surface area (Å²) in [5.41, 5.74) is 1.42. The van der Waals surface area contributed by atoms with Gasteiger partial charge in [0.2, 0.25) is 5.91 Å². The quantitative estimate of drug-likeness (QED) is 0.786. The van der Waals surface area contributed by atoms with E-state index in [4.69, 9.17) is 16.3 Å². The third kappa shape index (κ3) is 3.20. The molecule has 2 heterocycles. The van der Waals surface area contributed by atoms with Gasteiger partial charge in [0.1, 0.15) is 5.75 Å². The van der Waals surface area contributed by atoms with Gasteiger partial charge in [-0.2, -0.15) is 5.10 Å². The minimum atomic E-state index is -0.643. The van der Waals surface area contributed by atoms with E-state index in [1.165, 1.54) is 6.20 Å². The van der Waals surface area contributed by atoms with Crippen LogP contribution in [0, 0.1) is 0 Å². The standard InChI is InChI=1S/C14H13ClN4O3/c15-9-1-2-11-8(3-9)4-12(22-11)14(21)16-7-13(20)19-10-5-17-18-6-10/h1-3,5-6,12H,4,7H2,(H,16,21)(H,17,18)(H,19,20)/t12-/m0/s1. The summed E-state index contributed by atoms with van der Waals surface area (Å²) in [6, 6.07) is 5.21. The molecule has 8 heteroatoms. The summed E-state index contributed by atoms with van der Waals surface area (Å²) in [5, 5.41) is 12.0. The van der Waals surface area contributed by atoms with Gasteiger partial charge in [-0.25, -0.2) is 0 Å². The largest absolute Gasteiger partial charge is 0.480 e. The molecule has 0 radical (unpaired) electrons. The topological polar surface area (TPSA) is 96.1 Å². The SMILES string of the molecule is O=C(CNC(=O)[C@@H]1Cc2cc(Cl)ccc2O1)Nc1cn[nH]c1. The lowest BCUT2D eigenvalue weighted by atomic mass is 10.1. The number of ether oxygens (including phenoxy) is 1. The first-order valence-electron chi connectivity index (χ1n) is 6.63. The highest BCUT2D eigenvalue weighted by molar-refractivity contribution is 6.30. The molecule has 1 aliphatic rings. The molecule has 1 aromatic heterocycles. The van der Waals surface area contributed by atoms with E-state index >= 15 is 0 Å². The Morgan fingerprint density at radius 1 is 1.45 bits per heavy atom. The summed E-state index contributed by atoms with van der Waals surface area (Å²) in [7, 11) is 0. The van der Waals surface area contributed by atoms with Crippen molar-refractivity contribution in [1.29, 1.82) is 0 Å². The number of carbonyl (C=O) groups excluding carboxylic acids is 2. The lowest BCUT2D eigenvalue weighted by molar-refractivity contribution is -0.129. The van der Waals surface area contributed by atoms with Gasteiger partial charge in [-0.05, 0) is 23.8 Å². The van der Waals surface area contributed by atoms with Crippen molar-refractivity contribution in [2.45, 2.75) is 12.5 Å². The Labute approximate surface area is 131 Å². The number of hydrogen-bond acceptors (Lipinski definition) is 4. The zero-order valence-electron chi connectivity index (χ0n) is 11.4. The highest BCUT2D eigenvalue weighted by Gasteiger charge is 2.29. The number of aromatic nitrogens is 2. The lowest BCUT2D eigenvalue weighted by Gasteiger charge is -2.11. The molecular formula is C14H13ClN4O3. The maximum atomic E-state index is 12.0. The molecular weight excluding hydrogens is 308 g/mol. The fourth-order valence-electron chi connectivity index (χ4n) is 2.17. The van der Waals surface area contributed by atoms with Gasteiger partial charge in [0.15, 0.2) is 6.10 Å². The predicted molar refractivity (Wildman–Crippen MR) is 79.8 cm³/mol. The van der Waals surface area contributed by atoms with Crippen molar-refractivity contribution in [3.05, 3.63) is 41.2 Å². The number of benzene rings is 1. The van der Waals surface area contributed by atoms with E-state index < -0.39 is 6.10 Å². The van der Waals surface area contributed by atoms with E-state index in [2.05, 4.69) is 20.8 Å². The zero-order chi connectivity index (χ0) is 15.5. The molecule has 0 unspecified atom stereocenters. The summed E-state index contributed by atoms with van der Waals surface area (Å²) in [6.07, 6.45) is 2.81. The zero-order valence-corrected chi connectivity index (χ0v) is 12.2. The summed E-state index contributed by atoms with van der Waals surface area (Å²) >= 11 is 5.90. The van der Waals surface area contributed by atoms with E-state index in [9.17, 15) is 9.59 Å². The molecule has 2 amide bonds. The van der Waals surface area contributed by atoms with E-state index in [1.54, 1.807) is 24.4 Å².